The van der Waals surface area contributed by atoms with Gasteiger partial charge in [-0.05, 0) is 6.07 Å². The monoisotopic (exact) mass is 265 g/mol. The molecule has 0 aliphatic heterocycles. The van der Waals surface area contributed by atoms with Gasteiger partial charge in [0.25, 0.3) is 5.56 Å². The van der Waals surface area contributed by atoms with E-state index in [-0.39, 0.29) is 10.8 Å². The number of H-pyrrole nitrogens is 1. The third-order valence-corrected chi connectivity index (χ3v) is 2.95. The van der Waals surface area contributed by atoms with Crippen molar-refractivity contribution in [2.24, 2.45) is 0 Å². The average molecular weight is 266 g/mol. The largest absolute Gasteiger partial charge is 0.508 e. The fourth-order valence-corrected chi connectivity index (χ4v) is 1.86. The molecule has 6 heteroatoms. The van der Waals surface area contributed by atoms with E-state index in [1.165, 1.54) is 6.20 Å². The molecule has 2 N–H and O–H groups in total. The summed E-state index contributed by atoms with van der Waals surface area (Å²) in [6.07, 6.45) is 1.48. The number of para-hydroxylation sites is 1. The first-order valence-corrected chi connectivity index (χ1v) is 5.68. The molecule has 2 aromatic rings. The number of phenols is 1. The third-order valence-electron chi connectivity index (χ3n) is 2.59. The number of anilines is 1. The number of aromatic amines is 1. The van der Waals surface area contributed by atoms with E-state index in [1.807, 2.05) is 6.07 Å². The number of rotatable bonds is 3. The van der Waals surface area contributed by atoms with E-state index in [0.29, 0.717) is 12.2 Å². The summed E-state index contributed by atoms with van der Waals surface area (Å²) in [7, 11) is 1.77. The maximum Gasteiger partial charge on any atom is 0.285 e. The van der Waals surface area contributed by atoms with Gasteiger partial charge in [0, 0.05) is 19.2 Å². The minimum absolute atomic E-state index is 0.0860. The van der Waals surface area contributed by atoms with Gasteiger partial charge < -0.3 is 10.0 Å². The van der Waals surface area contributed by atoms with Gasteiger partial charge in [0.15, 0.2) is 0 Å². The van der Waals surface area contributed by atoms with Crippen molar-refractivity contribution >= 4 is 17.3 Å². The lowest BCUT2D eigenvalue weighted by atomic mass is 10.2. The predicted molar refractivity (Wildman–Crippen MR) is 70.1 cm³/mol. The first kappa shape index (κ1) is 12.4. The normalized spacial score (nSPS) is 10.3. The van der Waals surface area contributed by atoms with Crippen LogP contribution < -0.4 is 10.5 Å². The zero-order valence-electron chi connectivity index (χ0n) is 9.72. The maximum atomic E-state index is 11.3. The fraction of sp³-hybridized carbons (Fsp3) is 0.167. The summed E-state index contributed by atoms with van der Waals surface area (Å²) >= 11 is 5.91. The lowest BCUT2D eigenvalue weighted by molar-refractivity contribution is 0.468. The summed E-state index contributed by atoms with van der Waals surface area (Å²) in [6, 6.07) is 7.00. The van der Waals surface area contributed by atoms with Crippen molar-refractivity contribution in [1.82, 2.24) is 10.2 Å². The average Bonchev–Trinajstić information content (AvgIpc) is 2.35. The summed E-state index contributed by atoms with van der Waals surface area (Å²) in [5.74, 6) is 0.207. The van der Waals surface area contributed by atoms with Gasteiger partial charge >= 0.3 is 0 Å². The van der Waals surface area contributed by atoms with Crippen LogP contribution in [-0.4, -0.2) is 22.4 Å². The van der Waals surface area contributed by atoms with Gasteiger partial charge in [-0.15, -0.1) is 0 Å². The standard InChI is InChI=1S/C12H12ClN3O2/c1-16(7-8-4-2-3-5-10(8)17)9-6-14-15-12(18)11(9)13/h2-6,17H,7H2,1H3,(H,15,18). The highest BCUT2D eigenvalue weighted by Gasteiger charge is 2.11. The highest BCUT2D eigenvalue weighted by molar-refractivity contribution is 6.32. The number of nitrogens with zero attached hydrogens (tertiary/aromatic N) is 2. The molecular weight excluding hydrogens is 254 g/mol. The number of aromatic hydroxyl groups is 1. The molecule has 1 heterocycles. The van der Waals surface area contributed by atoms with Crippen molar-refractivity contribution in [3.8, 4) is 5.75 Å². The smallest absolute Gasteiger partial charge is 0.285 e. The molecule has 2 rings (SSSR count). The zero-order chi connectivity index (χ0) is 13.1. The molecule has 0 amide bonds. The number of hydrogen-bond acceptors (Lipinski definition) is 4. The van der Waals surface area contributed by atoms with Crippen LogP contribution in [0, 0.1) is 0 Å². The minimum atomic E-state index is -0.432. The molecule has 0 saturated heterocycles. The van der Waals surface area contributed by atoms with Gasteiger partial charge in [-0.3, -0.25) is 4.79 Å². The molecule has 0 unspecified atom stereocenters. The molecular formula is C12H12ClN3O2. The molecule has 1 aromatic carbocycles. The SMILES string of the molecule is CN(Cc1ccccc1O)c1cn[nH]c(=O)c1Cl. The molecule has 0 spiro atoms. The lowest BCUT2D eigenvalue weighted by Crippen LogP contribution is -2.21. The fourth-order valence-electron chi connectivity index (χ4n) is 1.63. The summed E-state index contributed by atoms with van der Waals surface area (Å²) in [4.78, 5) is 13.1. The Bertz CT molecular complexity index is 612. The number of nitrogens with one attached hydrogen (secondary N) is 1. The predicted octanol–water partition coefficient (Wildman–Crippen LogP) is 1.77. The van der Waals surface area contributed by atoms with Crippen LogP contribution in [-0.2, 0) is 6.54 Å². The third kappa shape index (κ3) is 2.46. The van der Waals surface area contributed by atoms with Crippen molar-refractivity contribution in [2.45, 2.75) is 6.54 Å². The van der Waals surface area contributed by atoms with Gasteiger partial charge in [0.1, 0.15) is 10.8 Å². The van der Waals surface area contributed by atoms with Crippen LogP contribution in [0.2, 0.25) is 5.02 Å². The minimum Gasteiger partial charge on any atom is -0.508 e. The highest BCUT2D eigenvalue weighted by Crippen LogP contribution is 2.23. The molecule has 5 nitrogen and oxygen atoms in total. The second kappa shape index (κ2) is 5.10. The number of benzene rings is 1. The first-order valence-electron chi connectivity index (χ1n) is 5.31. The molecule has 94 valence electrons. The van der Waals surface area contributed by atoms with Crippen LogP contribution in [0.4, 0.5) is 5.69 Å². The summed E-state index contributed by atoms with van der Waals surface area (Å²) in [5, 5.41) is 15.7. The second-order valence-electron chi connectivity index (χ2n) is 3.88. The molecule has 0 atom stereocenters. The Labute approximate surface area is 109 Å². The van der Waals surface area contributed by atoms with Crippen LogP contribution in [0.3, 0.4) is 0 Å². The molecule has 0 bridgehead atoms. The molecule has 18 heavy (non-hydrogen) atoms. The number of halogens is 1. The van der Waals surface area contributed by atoms with Gasteiger partial charge in [-0.25, -0.2) is 5.10 Å². The Kier molecular flexibility index (Phi) is 3.53. The lowest BCUT2D eigenvalue weighted by Gasteiger charge is -2.20. The second-order valence-corrected chi connectivity index (χ2v) is 4.26. The first-order chi connectivity index (χ1) is 8.59. The van der Waals surface area contributed by atoms with E-state index in [1.54, 1.807) is 30.1 Å². The summed E-state index contributed by atoms with van der Waals surface area (Å²) in [6.45, 7) is 0.428. The van der Waals surface area contributed by atoms with Crippen LogP contribution in [0.5, 0.6) is 5.75 Å². The van der Waals surface area contributed by atoms with Crippen molar-refractivity contribution in [3.63, 3.8) is 0 Å². The van der Waals surface area contributed by atoms with Gasteiger partial charge in [0.05, 0.1) is 11.9 Å². The summed E-state index contributed by atoms with van der Waals surface area (Å²) < 4.78 is 0. The van der Waals surface area contributed by atoms with Crippen molar-refractivity contribution in [3.05, 3.63) is 51.4 Å². The Morgan fingerprint density at radius 1 is 1.44 bits per heavy atom. The van der Waals surface area contributed by atoms with E-state index in [4.69, 9.17) is 11.6 Å². The van der Waals surface area contributed by atoms with Gasteiger partial charge in [-0.1, -0.05) is 29.8 Å². The molecule has 1 aromatic heterocycles. The molecule has 0 radical (unpaired) electrons. The van der Waals surface area contributed by atoms with Gasteiger partial charge in [-0.2, -0.15) is 5.10 Å². The quantitative estimate of drug-likeness (QED) is 0.887. The number of phenolic OH excluding ortho intramolecular Hbond substituents is 1. The summed E-state index contributed by atoms with van der Waals surface area (Å²) in [5.41, 5.74) is 0.832. The number of hydrogen-bond donors (Lipinski definition) is 2. The Balaban J connectivity index is 2.28. The maximum absolute atomic E-state index is 11.3. The zero-order valence-corrected chi connectivity index (χ0v) is 10.5. The van der Waals surface area contributed by atoms with Crippen molar-refractivity contribution in [2.75, 3.05) is 11.9 Å². The van der Waals surface area contributed by atoms with Gasteiger partial charge in [0.2, 0.25) is 0 Å². The molecule has 0 saturated carbocycles. The van der Waals surface area contributed by atoms with E-state index < -0.39 is 5.56 Å². The topological polar surface area (TPSA) is 69.2 Å². The molecule has 0 aliphatic carbocycles. The number of aromatic nitrogens is 2. The Morgan fingerprint density at radius 3 is 2.89 bits per heavy atom. The molecule has 0 fully saturated rings. The van der Waals surface area contributed by atoms with Crippen molar-refractivity contribution in [1.29, 1.82) is 0 Å². The van der Waals surface area contributed by atoms with Crippen molar-refractivity contribution < 1.29 is 5.11 Å². The van der Waals surface area contributed by atoms with Crippen LogP contribution >= 0.6 is 11.6 Å². The van der Waals surface area contributed by atoms with E-state index in [0.717, 1.165) is 5.56 Å². The van der Waals surface area contributed by atoms with E-state index >= 15 is 0 Å². The van der Waals surface area contributed by atoms with Crippen LogP contribution in [0.1, 0.15) is 5.56 Å². The Morgan fingerprint density at radius 2 is 2.17 bits per heavy atom. The van der Waals surface area contributed by atoms with E-state index in [2.05, 4.69) is 10.2 Å². The molecule has 0 aliphatic rings. The van der Waals surface area contributed by atoms with E-state index in [9.17, 15) is 9.90 Å². The highest BCUT2D eigenvalue weighted by atomic mass is 35.5. The van der Waals surface area contributed by atoms with Crippen LogP contribution in [0.15, 0.2) is 35.3 Å². The Hall–Kier alpha value is -2.01. The van der Waals surface area contributed by atoms with Crippen LogP contribution in [0.25, 0.3) is 0 Å².